The van der Waals surface area contributed by atoms with E-state index in [1.54, 1.807) is 0 Å². The molecule has 21 heavy (non-hydrogen) atoms. The van der Waals surface area contributed by atoms with Gasteiger partial charge in [0.1, 0.15) is 11.6 Å². The van der Waals surface area contributed by atoms with Crippen LogP contribution in [0.2, 0.25) is 0 Å². The van der Waals surface area contributed by atoms with Crippen molar-refractivity contribution in [3.63, 3.8) is 0 Å². The molecule has 108 valence electrons. The molecule has 1 atom stereocenters. The molecule has 2 nitrogen and oxygen atoms in total. The average Bonchev–Trinajstić information content (AvgIpc) is 2.87. The van der Waals surface area contributed by atoms with E-state index >= 15 is 0 Å². The number of hydrogen-bond acceptors (Lipinski definition) is 2. The summed E-state index contributed by atoms with van der Waals surface area (Å²) in [6, 6.07) is 13.0. The van der Waals surface area contributed by atoms with Crippen molar-refractivity contribution in [1.29, 1.82) is 0 Å². The lowest BCUT2D eigenvalue weighted by Gasteiger charge is -2.12. The van der Waals surface area contributed by atoms with Crippen LogP contribution in [0.5, 0.6) is 0 Å². The number of nitrogens with one attached hydrogen (secondary N) is 1. The highest BCUT2D eigenvalue weighted by Crippen LogP contribution is 2.27. The summed E-state index contributed by atoms with van der Waals surface area (Å²) in [6.45, 7) is 0. The first-order valence-electron chi connectivity index (χ1n) is 6.54. The van der Waals surface area contributed by atoms with Gasteiger partial charge in [0.15, 0.2) is 0 Å². The van der Waals surface area contributed by atoms with E-state index < -0.39 is 17.7 Å². The van der Waals surface area contributed by atoms with Crippen LogP contribution in [0, 0.1) is 11.6 Å². The van der Waals surface area contributed by atoms with Crippen LogP contribution in [0.3, 0.4) is 0 Å². The van der Waals surface area contributed by atoms with Gasteiger partial charge in [0.25, 0.3) is 0 Å². The zero-order valence-electron chi connectivity index (χ0n) is 11.1. The minimum Gasteiger partial charge on any atom is -0.350 e. The van der Waals surface area contributed by atoms with E-state index in [0.717, 1.165) is 22.0 Å². The predicted octanol–water partition coefficient (Wildman–Crippen LogP) is 4.24. The van der Waals surface area contributed by atoms with Gasteiger partial charge in [-0.3, -0.25) is 0 Å². The molecule has 3 rings (SSSR count). The van der Waals surface area contributed by atoms with Gasteiger partial charge in [0.05, 0.1) is 5.03 Å². The minimum absolute atomic E-state index is 0.333. The van der Waals surface area contributed by atoms with E-state index in [9.17, 15) is 8.78 Å². The Kier molecular flexibility index (Phi) is 3.94. The molecule has 0 aliphatic heterocycles. The standard InChI is InChI=1S/C16H14F2N2S/c17-11-5-6-12(13(18)8-11)14(19)9-21-16-7-10-3-1-2-4-15(10)20-16/h1-8,14,20H,9,19H2. The lowest BCUT2D eigenvalue weighted by atomic mass is 10.1. The summed E-state index contributed by atoms with van der Waals surface area (Å²) in [6.07, 6.45) is 0. The first kappa shape index (κ1) is 14.1. The summed E-state index contributed by atoms with van der Waals surface area (Å²) in [7, 11) is 0. The predicted molar refractivity (Wildman–Crippen MR) is 82.3 cm³/mol. The van der Waals surface area contributed by atoms with Crippen molar-refractivity contribution in [3.8, 4) is 0 Å². The van der Waals surface area contributed by atoms with Crippen LogP contribution in [0.25, 0.3) is 10.9 Å². The summed E-state index contributed by atoms with van der Waals surface area (Å²) < 4.78 is 26.5. The third kappa shape index (κ3) is 3.09. The minimum atomic E-state index is -0.597. The Labute approximate surface area is 125 Å². The monoisotopic (exact) mass is 304 g/mol. The fourth-order valence-corrected chi connectivity index (χ4v) is 3.13. The van der Waals surface area contributed by atoms with Crippen molar-refractivity contribution in [2.75, 3.05) is 5.75 Å². The van der Waals surface area contributed by atoms with Gasteiger partial charge in [0.2, 0.25) is 0 Å². The zero-order chi connectivity index (χ0) is 14.8. The molecule has 1 aromatic heterocycles. The number of H-pyrrole nitrogens is 1. The van der Waals surface area contributed by atoms with E-state index in [1.807, 2.05) is 30.3 Å². The van der Waals surface area contributed by atoms with Crippen molar-refractivity contribution >= 4 is 22.7 Å². The smallest absolute Gasteiger partial charge is 0.130 e. The molecular weight excluding hydrogens is 290 g/mol. The summed E-state index contributed by atoms with van der Waals surface area (Å²) in [5.74, 6) is -0.679. The molecule has 3 aromatic rings. The highest BCUT2D eigenvalue weighted by atomic mass is 32.2. The van der Waals surface area contributed by atoms with Crippen LogP contribution < -0.4 is 5.73 Å². The summed E-state index contributed by atoms with van der Waals surface area (Å²) in [5.41, 5.74) is 7.38. The number of thioether (sulfide) groups is 1. The molecule has 0 fully saturated rings. The van der Waals surface area contributed by atoms with Gasteiger partial charge in [-0.15, -0.1) is 11.8 Å². The number of benzene rings is 2. The van der Waals surface area contributed by atoms with Crippen LogP contribution in [-0.4, -0.2) is 10.7 Å². The maximum atomic E-state index is 13.7. The second kappa shape index (κ2) is 5.87. The number of aromatic amines is 1. The van der Waals surface area contributed by atoms with Crippen LogP contribution in [-0.2, 0) is 0 Å². The van der Waals surface area contributed by atoms with Crippen molar-refractivity contribution in [2.45, 2.75) is 11.1 Å². The van der Waals surface area contributed by atoms with Crippen LogP contribution in [0.4, 0.5) is 8.78 Å². The lowest BCUT2D eigenvalue weighted by Crippen LogP contribution is -2.14. The van der Waals surface area contributed by atoms with E-state index in [1.165, 1.54) is 23.9 Å². The van der Waals surface area contributed by atoms with Crippen molar-refractivity contribution < 1.29 is 8.78 Å². The molecule has 3 N–H and O–H groups in total. The Hall–Kier alpha value is -1.85. The molecule has 1 heterocycles. The van der Waals surface area contributed by atoms with Gasteiger partial charge < -0.3 is 10.7 Å². The molecule has 0 radical (unpaired) electrons. The second-order valence-electron chi connectivity index (χ2n) is 4.80. The molecule has 0 saturated carbocycles. The SMILES string of the molecule is NC(CSc1cc2ccccc2[nH]1)c1ccc(F)cc1F. The van der Waals surface area contributed by atoms with Crippen molar-refractivity contribution in [2.24, 2.45) is 5.73 Å². The number of aromatic nitrogens is 1. The van der Waals surface area contributed by atoms with E-state index in [4.69, 9.17) is 5.73 Å². The number of halogens is 2. The number of fused-ring (bicyclic) bond motifs is 1. The first-order valence-corrected chi connectivity index (χ1v) is 7.53. The number of para-hydroxylation sites is 1. The molecular formula is C16H14F2N2S. The van der Waals surface area contributed by atoms with Crippen LogP contribution in [0.15, 0.2) is 53.6 Å². The molecule has 2 aromatic carbocycles. The molecule has 0 amide bonds. The third-order valence-corrected chi connectivity index (χ3v) is 4.34. The van der Waals surface area contributed by atoms with Gasteiger partial charge in [-0.2, -0.15) is 0 Å². The van der Waals surface area contributed by atoms with E-state index in [2.05, 4.69) is 4.98 Å². The normalized spacial score (nSPS) is 12.7. The van der Waals surface area contributed by atoms with E-state index in [-0.39, 0.29) is 0 Å². The van der Waals surface area contributed by atoms with Gasteiger partial charge in [-0.05, 0) is 18.2 Å². The fraction of sp³-hybridized carbons (Fsp3) is 0.125. The summed E-state index contributed by atoms with van der Waals surface area (Å²) >= 11 is 1.52. The first-order chi connectivity index (χ1) is 10.1. The van der Waals surface area contributed by atoms with Crippen molar-refractivity contribution in [3.05, 3.63) is 65.7 Å². The summed E-state index contributed by atoms with van der Waals surface area (Å²) in [5, 5.41) is 2.11. The van der Waals surface area contributed by atoms with E-state index in [0.29, 0.717) is 11.3 Å². The molecule has 0 saturated heterocycles. The molecule has 0 bridgehead atoms. The number of hydrogen-bond donors (Lipinski definition) is 2. The third-order valence-electron chi connectivity index (χ3n) is 3.29. The van der Waals surface area contributed by atoms with Gasteiger partial charge >= 0.3 is 0 Å². The largest absolute Gasteiger partial charge is 0.350 e. The van der Waals surface area contributed by atoms with Gasteiger partial charge in [0, 0.05) is 34.3 Å². The highest BCUT2D eigenvalue weighted by molar-refractivity contribution is 7.99. The Bertz CT molecular complexity index is 737. The second-order valence-corrected chi connectivity index (χ2v) is 5.87. The quantitative estimate of drug-likeness (QED) is 0.708. The zero-order valence-corrected chi connectivity index (χ0v) is 12.0. The topological polar surface area (TPSA) is 41.8 Å². The lowest BCUT2D eigenvalue weighted by molar-refractivity contribution is 0.563. The Balaban J connectivity index is 1.71. The molecule has 0 spiro atoms. The average molecular weight is 304 g/mol. The van der Waals surface area contributed by atoms with Crippen LogP contribution >= 0.6 is 11.8 Å². The highest BCUT2D eigenvalue weighted by Gasteiger charge is 2.13. The molecule has 0 aliphatic rings. The molecule has 5 heteroatoms. The van der Waals surface area contributed by atoms with Gasteiger partial charge in [-0.1, -0.05) is 24.3 Å². The van der Waals surface area contributed by atoms with Gasteiger partial charge in [-0.25, -0.2) is 8.78 Å². The summed E-state index contributed by atoms with van der Waals surface area (Å²) in [4.78, 5) is 3.28. The van der Waals surface area contributed by atoms with Crippen molar-refractivity contribution in [1.82, 2.24) is 4.98 Å². The Morgan fingerprint density at radius 1 is 1.10 bits per heavy atom. The fourth-order valence-electron chi connectivity index (χ4n) is 2.20. The Morgan fingerprint density at radius 2 is 1.90 bits per heavy atom. The maximum absolute atomic E-state index is 13.7. The molecule has 0 aliphatic carbocycles. The Morgan fingerprint density at radius 3 is 2.67 bits per heavy atom. The molecule has 1 unspecified atom stereocenters. The number of rotatable bonds is 4. The number of nitrogens with two attached hydrogens (primary N) is 1. The van der Waals surface area contributed by atoms with Crippen LogP contribution in [0.1, 0.15) is 11.6 Å². The maximum Gasteiger partial charge on any atom is 0.130 e.